The van der Waals surface area contributed by atoms with Crippen LogP contribution in [0.25, 0.3) is 0 Å². The molecule has 0 aromatic heterocycles. The van der Waals surface area contributed by atoms with E-state index in [1.54, 1.807) is 0 Å². The van der Waals surface area contributed by atoms with Gasteiger partial charge in [-0.3, -0.25) is 0 Å². The molecule has 6 nitrogen and oxygen atoms in total. The number of hydrogen-bond acceptors (Lipinski definition) is 6. The van der Waals surface area contributed by atoms with Crippen LogP contribution in [0.4, 0.5) is 0 Å². The smallest absolute Gasteiger partial charge is 0.119 e. The summed E-state index contributed by atoms with van der Waals surface area (Å²) in [6.45, 7) is 3.63. The summed E-state index contributed by atoms with van der Waals surface area (Å²) in [4.78, 5) is 0. The van der Waals surface area contributed by atoms with Crippen LogP contribution in [-0.2, 0) is 20.8 Å². The Morgan fingerprint density at radius 2 is 1.07 bits per heavy atom. The van der Waals surface area contributed by atoms with Crippen LogP contribution in [0.3, 0.4) is 0 Å². The molecule has 0 saturated heterocycles. The minimum Gasteiger partial charge on any atom is -0.491 e. The van der Waals surface area contributed by atoms with Gasteiger partial charge in [-0.1, -0.05) is 48.5 Å². The number of hydrogen-bond donors (Lipinski definition) is 2. The van der Waals surface area contributed by atoms with Crippen molar-refractivity contribution in [2.24, 2.45) is 0 Å². The van der Waals surface area contributed by atoms with Crippen molar-refractivity contribution in [1.82, 2.24) is 0 Å². The number of aliphatic hydroxyl groups excluding tert-OH is 2. The van der Waals surface area contributed by atoms with E-state index in [1.807, 2.05) is 60.7 Å². The van der Waals surface area contributed by atoms with Crippen LogP contribution in [0.5, 0.6) is 5.75 Å². The van der Waals surface area contributed by atoms with E-state index in [1.165, 1.54) is 0 Å². The lowest BCUT2D eigenvalue weighted by molar-refractivity contribution is 0.0274. The first-order valence-electron chi connectivity index (χ1n) is 9.03. The maximum Gasteiger partial charge on any atom is 0.119 e. The largest absolute Gasteiger partial charge is 0.491 e. The first-order valence-corrected chi connectivity index (χ1v) is 9.03. The van der Waals surface area contributed by atoms with Crippen LogP contribution in [0.1, 0.15) is 5.56 Å². The lowest BCUT2D eigenvalue weighted by Crippen LogP contribution is -2.08. The van der Waals surface area contributed by atoms with Crippen LogP contribution in [0, 0.1) is 0 Å². The summed E-state index contributed by atoms with van der Waals surface area (Å²) in [7, 11) is 0. The summed E-state index contributed by atoms with van der Waals surface area (Å²) in [5.74, 6) is 0.843. The standard InChI is InChI=1S/C11H16O3.C10H14O3/c12-6-7-13-8-9-14-10-11-4-2-1-3-5-11;11-6-7-12-8-9-13-10-4-2-1-3-5-10/h1-5,12H,6-10H2;1-5,11H,6-9H2. The van der Waals surface area contributed by atoms with Gasteiger partial charge >= 0.3 is 0 Å². The summed E-state index contributed by atoms with van der Waals surface area (Å²) in [5.41, 5.74) is 1.16. The van der Waals surface area contributed by atoms with Crippen molar-refractivity contribution in [3.8, 4) is 5.75 Å². The first-order chi connectivity index (χ1) is 13.4. The fourth-order valence-corrected chi connectivity index (χ4v) is 1.95. The van der Waals surface area contributed by atoms with E-state index in [9.17, 15) is 0 Å². The lowest BCUT2D eigenvalue weighted by atomic mass is 10.2. The number of rotatable bonds is 13. The molecular weight excluding hydrogens is 348 g/mol. The minimum absolute atomic E-state index is 0.0609. The molecule has 0 heterocycles. The summed E-state index contributed by atoms with van der Waals surface area (Å²) in [6.07, 6.45) is 0. The molecule has 2 N–H and O–H groups in total. The normalized spacial score (nSPS) is 10.1. The average molecular weight is 378 g/mol. The number of para-hydroxylation sites is 1. The molecule has 0 aliphatic rings. The molecular formula is C21H30O6. The van der Waals surface area contributed by atoms with Crippen LogP contribution >= 0.6 is 0 Å². The predicted molar refractivity (Wildman–Crippen MR) is 104 cm³/mol. The SMILES string of the molecule is OCCOCCOCc1ccccc1.OCCOCCOc1ccccc1. The Balaban J connectivity index is 0.000000271. The Bertz CT molecular complexity index is 535. The summed E-state index contributed by atoms with van der Waals surface area (Å²) < 4.78 is 20.8. The van der Waals surface area contributed by atoms with Crippen LogP contribution in [-0.4, -0.2) is 63.1 Å². The van der Waals surface area contributed by atoms with E-state index in [0.29, 0.717) is 46.2 Å². The Kier molecular flexibility index (Phi) is 14.9. The summed E-state index contributed by atoms with van der Waals surface area (Å²) in [6, 6.07) is 19.6. The van der Waals surface area contributed by atoms with Crippen molar-refractivity contribution in [2.75, 3.05) is 52.9 Å². The highest BCUT2D eigenvalue weighted by atomic mass is 16.5. The van der Waals surface area contributed by atoms with Crippen LogP contribution in [0.15, 0.2) is 60.7 Å². The second-order valence-corrected chi connectivity index (χ2v) is 5.37. The molecule has 0 fully saturated rings. The van der Waals surface area contributed by atoms with Crippen molar-refractivity contribution < 1.29 is 29.2 Å². The Morgan fingerprint density at radius 1 is 0.556 bits per heavy atom. The highest BCUT2D eigenvalue weighted by Gasteiger charge is 1.92. The zero-order chi connectivity index (χ0) is 19.4. The van der Waals surface area contributed by atoms with Gasteiger partial charge in [0.05, 0.1) is 52.9 Å². The van der Waals surface area contributed by atoms with Crippen LogP contribution < -0.4 is 4.74 Å². The number of aliphatic hydroxyl groups is 2. The molecule has 0 atom stereocenters. The topological polar surface area (TPSA) is 77.4 Å². The molecule has 150 valence electrons. The number of benzene rings is 2. The monoisotopic (exact) mass is 378 g/mol. The molecule has 27 heavy (non-hydrogen) atoms. The molecule has 0 unspecified atom stereocenters. The van der Waals surface area contributed by atoms with E-state index in [-0.39, 0.29) is 13.2 Å². The van der Waals surface area contributed by atoms with Crippen LogP contribution in [0.2, 0.25) is 0 Å². The highest BCUT2D eigenvalue weighted by molar-refractivity contribution is 5.20. The van der Waals surface area contributed by atoms with E-state index in [2.05, 4.69) is 0 Å². The van der Waals surface area contributed by atoms with Gasteiger partial charge in [-0.2, -0.15) is 0 Å². The molecule has 6 heteroatoms. The van der Waals surface area contributed by atoms with E-state index in [4.69, 9.17) is 29.2 Å². The zero-order valence-corrected chi connectivity index (χ0v) is 15.7. The van der Waals surface area contributed by atoms with Gasteiger partial charge < -0.3 is 29.2 Å². The quantitative estimate of drug-likeness (QED) is 0.521. The molecule has 2 rings (SSSR count). The maximum absolute atomic E-state index is 8.43. The molecule has 0 aliphatic carbocycles. The molecule has 0 radical (unpaired) electrons. The Morgan fingerprint density at radius 3 is 1.67 bits per heavy atom. The average Bonchev–Trinajstić information content (AvgIpc) is 2.72. The third-order valence-corrected chi connectivity index (χ3v) is 3.19. The molecule has 0 saturated carbocycles. The highest BCUT2D eigenvalue weighted by Crippen LogP contribution is 2.07. The number of ether oxygens (including phenoxy) is 4. The van der Waals surface area contributed by atoms with Crippen molar-refractivity contribution in [1.29, 1.82) is 0 Å². The first kappa shape index (κ1) is 23.1. The van der Waals surface area contributed by atoms with Crippen molar-refractivity contribution in [2.45, 2.75) is 6.61 Å². The maximum atomic E-state index is 8.43. The second kappa shape index (κ2) is 17.5. The van der Waals surface area contributed by atoms with Crippen molar-refractivity contribution >= 4 is 0 Å². The summed E-state index contributed by atoms with van der Waals surface area (Å²) >= 11 is 0. The third kappa shape index (κ3) is 13.8. The predicted octanol–water partition coefficient (Wildman–Crippen LogP) is 2.29. The van der Waals surface area contributed by atoms with E-state index in [0.717, 1.165) is 11.3 Å². The second-order valence-electron chi connectivity index (χ2n) is 5.37. The van der Waals surface area contributed by atoms with Gasteiger partial charge in [-0.15, -0.1) is 0 Å². The fourth-order valence-electron chi connectivity index (χ4n) is 1.95. The minimum atomic E-state index is 0.0609. The molecule has 0 bridgehead atoms. The van der Waals surface area contributed by atoms with Gasteiger partial charge in [0.1, 0.15) is 12.4 Å². The van der Waals surface area contributed by atoms with E-state index >= 15 is 0 Å². The Hall–Kier alpha value is -1.96. The van der Waals surface area contributed by atoms with Gasteiger partial charge in [-0.25, -0.2) is 0 Å². The van der Waals surface area contributed by atoms with Gasteiger partial charge in [0.15, 0.2) is 0 Å². The molecule has 2 aromatic carbocycles. The zero-order valence-electron chi connectivity index (χ0n) is 15.7. The van der Waals surface area contributed by atoms with Crippen molar-refractivity contribution in [3.05, 3.63) is 66.2 Å². The van der Waals surface area contributed by atoms with E-state index < -0.39 is 0 Å². The van der Waals surface area contributed by atoms with Gasteiger partial charge in [-0.05, 0) is 17.7 Å². The van der Waals surface area contributed by atoms with Gasteiger partial charge in [0.25, 0.3) is 0 Å². The lowest BCUT2D eigenvalue weighted by Gasteiger charge is -2.05. The van der Waals surface area contributed by atoms with Gasteiger partial charge in [0.2, 0.25) is 0 Å². The third-order valence-electron chi connectivity index (χ3n) is 3.19. The molecule has 2 aromatic rings. The Labute approximate surface area is 161 Å². The molecule has 0 spiro atoms. The molecule has 0 amide bonds. The summed E-state index contributed by atoms with van der Waals surface area (Å²) in [5, 5.41) is 16.9. The molecule has 0 aliphatic heterocycles. The van der Waals surface area contributed by atoms with Crippen molar-refractivity contribution in [3.63, 3.8) is 0 Å². The fraction of sp³-hybridized carbons (Fsp3) is 0.429. The van der Waals surface area contributed by atoms with Gasteiger partial charge in [0, 0.05) is 0 Å².